The van der Waals surface area contributed by atoms with E-state index in [-0.39, 0.29) is 4.90 Å². The van der Waals surface area contributed by atoms with E-state index >= 15 is 0 Å². The standard InChI is InChI=1S/C12H21N3O3S/c1-3-8-15(2)9-10-18-14-19(16,17)12-6-4-11(13)5-7-12/h4-7,14H,3,8-10,13H2,1-2H3. The molecule has 0 aliphatic rings. The number of rotatable bonds is 8. The lowest BCUT2D eigenvalue weighted by molar-refractivity contribution is 0.0760. The summed E-state index contributed by atoms with van der Waals surface area (Å²) in [7, 11) is -1.67. The van der Waals surface area contributed by atoms with Crippen LogP contribution < -0.4 is 10.6 Å². The number of anilines is 1. The Labute approximate surface area is 114 Å². The lowest BCUT2D eigenvalue weighted by atomic mass is 10.3. The van der Waals surface area contributed by atoms with Crippen LogP contribution in [0.2, 0.25) is 0 Å². The molecule has 0 radical (unpaired) electrons. The predicted octanol–water partition coefficient (Wildman–Crippen LogP) is 0.820. The molecule has 0 aliphatic carbocycles. The molecule has 0 amide bonds. The number of hydrogen-bond acceptors (Lipinski definition) is 5. The molecule has 0 saturated carbocycles. The van der Waals surface area contributed by atoms with E-state index in [9.17, 15) is 8.42 Å². The normalized spacial score (nSPS) is 11.9. The zero-order chi connectivity index (χ0) is 14.3. The third-order valence-corrected chi connectivity index (χ3v) is 3.77. The van der Waals surface area contributed by atoms with Crippen LogP contribution in [0.1, 0.15) is 13.3 Å². The first-order valence-corrected chi connectivity index (χ1v) is 7.61. The van der Waals surface area contributed by atoms with Crippen LogP contribution in [-0.2, 0) is 14.9 Å². The maximum atomic E-state index is 11.8. The molecule has 7 heteroatoms. The summed E-state index contributed by atoms with van der Waals surface area (Å²) in [5.41, 5.74) is 6.02. The molecule has 1 rings (SSSR count). The molecule has 6 nitrogen and oxygen atoms in total. The van der Waals surface area contributed by atoms with Crippen LogP contribution in [0.15, 0.2) is 29.2 Å². The van der Waals surface area contributed by atoms with Crippen molar-refractivity contribution in [2.45, 2.75) is 18.2 Å². The fourth-order valence-electron chi connectivity index (χ4n) is 1.51. The third kappa shape index (κ3) is 5.56. The molecule has 19 heavy (non-hydrogen) atoms. The van der Waals surface area contributed by atoms with E-state index in [0.717, 1.165) is 13.0 Å². The van der Waals surface area contributed by atoms with Crippen molar-refractivity contribution in [3.8, 4) is 0 Å². The number of nitrogen functional groups attached to an aromatic ring is 1. The van der Waals surface area contributed by atoms with E-state index in [2.05, 4.69) is 16.7 Å². The lowest BCUT2D eigenvalue weighted by Crippen LogP contribution is -2.30. The van der Waals surface area contributed by atoms with Crippen molar-refractivity contribution in [2.24, 2.45) is 0 Å². The molecular weight excluding hydrogens is 266 g/mol. The van der Waals surface area contributed by atoms with E-state index in [1.54, 1.807) is 0 Å². The Hall–Kier alpha value is -1.15. The van der Waals surface area contributed by atoms with Gasteiger partial charge in [-0.15, -0.1) is 0 Å². The van der Waals surface area contributed by atoms with Crippen molar-refractivity contribution < 1.29 is 13.3 Å². The van der Waals surface area contributed by atoms with Crippen molar-refractivity contribution in [3.63, 3.8) is 0 Å². The van der Waals surface area contributed by atoms with Gasteiger partial charge in [0, 0.05) is 12.2 Å². The second-order valence-electron chi connectivity index (χ2n) is 4.31. The molecule has 0 unspecified atom stereocenters. The van der Waals surface area contributed by atoms with Crippen LogP contribution in [0, 0.1) is 0 Å². The van der Waals surface area contributed by atoms with Crippen molar-refractivity contribution >= 4 is 15.7 Å². The van der Waals surface area contributed by atoms with Crippen molar-refractivity contribution in [3.05, 3.63) is 24.3 Å². The van der Waals surface area contributed by atoms with E-state index in [0.29, 0.717) is 18.8 Å². The molecule has 1 aromatic rings. The molecule has 3 N–H and O–H groups in total. The van der Waals surface area contributed by atoms with Crippen LogP contribution in [-0.4, -0.2) is 40.1 Å². The molecule has 1 aromatic carbocycles. The van der Waals surface area contributed by atoms with Gasteiger partial charge in [-0.2, -0.15) is 0 Å². The molecule has 0 bridgehead atoms. The number of benzene rings is 1. The molecule has 0 saturated heterocycles. The summed E-state index contributed by atoms with van der Waals surface area (Å²) in [4.78, 5) is 9.28. The predicted molar refractivity (Wildman–Crippen MR) is 74.9 cm³/mol. The maximum Gasteiger partial charge on any atom is 0.262 e. The number of nitrogens with one attached hydrogen (secondary N) is 1. The number of hydrogen-bond donors (Lipinski definition) is 2. The summed E-state index contributed by atoms with van der Waals surface area (Å²) in [6.07, 6.45) is 1.05. The molecule has 108 valence electrons. The summed E-state index contributed by atoms with van der Waals surface area (Å²) < 4.78 is 23.6. The Kier molecular flexibility index (Phi) is 6.23. The molecule has 0 fully saturated rings. The van der Waals surface area contributed by atoms with Gasteiger partial charge in [0.1, 0.15) is 0 Å². The molecule has 0 atom stereocenters. The van der Waals surface area contributed by atoms with E-state index in [4.69, 9.17) is 10.6 Å². The van der Waals surface area contributed by atoms with Gasteiger partial charge in [0.15, 0.2) is 0 Å². The Morgan fingerprint density at radius 2 is 1.89 bits per heavy atom. The van der Waals surface area contributed by atoms with Gasteiger partial charge in [-0.05, 0) is 44.3 Å². The summed E-state index contributed by atoms with van der Waals surface area (Å²) in [5, 5.41) is 0. The fraction of sp³-hybridized carbons (Fsp3) is 0.500. The first-order chi connectivity index (χ1) is 8.95. The molecule has 0 aliphatic heterocycles. The second-order valence-corrected chi connectivity index (χ2v) is 5.95. The van der Waals surface area contributed by atoms with Gasteiger partial charge < -0.3 is 10.6 Å². The second kappa shape index (κ2) is 7.44. The zero-order valence-electron chi connectivity index (χ0n) is 11.3. The minimum absolute atomic E-state index is 0.128. The van der Waals surface area contributed by atoms with Gasteiger partial charge in [0.25, 0.3) is 10.0 Å². The smallest absolute Gasteiger partial charge is 0.262 e. The molecule has 0 heterocycles. The summed E-state index contributed by atoms with van der Waals surface area (Å²) in [6.45, 7) is 4.00. The summed E-state index contributed by atoms with van der Waals surface area (Å²) in [6, 6.07) is 5.93. The zero-order valence-corrected chi connectivity index (χ0v) is 12.1. The SMILES string of the molecule is CCCN(C)CCONS(=O)(=O)c1ccc(N)cc1. The topological polar surface area (TPSA) is 84.7 Å². The highest BCUT2D eigenvalue weighted by Gasteiger charge is 2.13. The average molecular weight is 287 g/mol. The van der Waals surface area contributed by atoms with E-state index in [1.165, 1.54) is 24.3 Å². The largest absolute Gasteiger partial charge is 0.399 e. The first kappa shape index (κ1) is 15.9. The summed E-state index contributed by atoms with van der Waals surface area (Å²) >= 11 is 0. The molecule has 0 spiro atoms. The Morgan fingerprint density at radius 3 is 2.47 bits per heavy atom. The minimum Gasteiger partial charge on any atom is -0.399 e. The monoisotopic (exact) mass is 287 g/mol. The van der Waals surface area contributed by atoms with Gasteiger partial charge in [0.2, 0.25) is 0 Å². The molecule has 0 aromatic heterocycles. The van der Waals surface area contributed by atoms with Gasteiger partial charge in [0.05, 0.1) is 11.5 Å². The van der Waals surface area contributed by atoms with Crippen molar-refractivity contribution in [2.75, 3.05) is 32.5 Å². The lowest BCUT2D eigenvalue weighted by Gasteiger charge is -2.15. The average Bonchev–Trinajstić information content (AvgIpc) is 2.36. The Bertz CT molecular complexity index is 473. The minimum atomic E-state index is -3.63. The number of sulfonamides is 1. The van der Waals surface area contributed by atoms with Gasteiger partial charge in [-0.3, -0.25) is 4.84 Å². The highest BCUT2D eigenvalue weighted by molar-refractivity contribution is 7.89. The Morgan fingerprint density at radius 1 is 1.26 bits per heavy atom. The van der Waals surface area contributed by atoms with Crippen LogP contribution in [0.5, 0.6) is 0 Å². The van der Waals surface area contributed by atoms with Crippen LogP contribution in [0.25, 0.3) is 0 Å². The van der Waals surface area contributed by atoms with Crippen LogP contribution in [0.4, 0.5) is 5.69 Å². The van der Waals surface area contributed by atoms with Gasteiger partial charge in [-0.1, -0.05) is 11.8 Å². The molecular formula is C12H21N3O3S. The maximum absolute atomic E-state index is 11.8. The fourth-order valence-corrected chi connectivity index (χ4v) is 2.34. The van der Waals surface area contributed by atoms with Crippen molar-refractivity contribution in [1.82, 2.24) is 9.79 Å². The van der Waals surface area contributed by atoms with Gasteiger partial charge in [-0.25, -0.2) is 8.42 Å². The first-order valence-electron chi connectivity index (χ1n) is 6.13. The number of nitrogens with two attached hydrogens (primary N) is 1. The number of likely N-dealkylation sites (N-methyl/N-ethyl adjacent to an activating group) is 1. The highest BCUT2D eigenvalue weighted by Crippen LogP contribution is 2.11. The van der Waals surface area contributed by atoms with Gasteiger partial charge >= 0.3 is 0 Å². The van der Waals surface area contributed by atoms with Crippen LogP contribution in [0.3, 0.4) is 0 Å². The van der Waals surface area contributed by atoms with E-state index < -0.39 is 10.0 Å². The number of nitrogens with zero attached hydrogens (tertiary/aromatic N) is 1. The van der Waals surface area contributed by atoms with E-state index in [1.807, 2.05) is 7.05 Å². The summed E-state index contributed by atoms with van der Waals surface area (Å²) in [5.74, 6) is 0. The van der Waals surface area contributed by atoms with Crippen LogP contribution >= 0.6 is 0 Å². The Balaban J connectivity index is 2.41. The quantitative estimate of drug-likeness (QED) is 0.420. The van der Waals surface area contributed by atoms with Crippen molar-refractivity contribution in [1.29, 1.82) is 0 Å². The third-order valence-electron chi connectivity index (χ3n) is 2.54. The highest BCUT2D eigenvalue weighted by atomic mass is 32.2.